The van der Waals surface area contributed by atoms with Crippen molar-refractivity contribution in [1.29, 1.82) is 0 Å². The highest BCUT2D eigenvalue weighted by atomic mass is 14.6. The van der Waals surface area contributed by atoms with E-state index in [1.807, 2.05) is 55.4 Å². The van der Waals surface area contributed by atoms with Crippen molar-refractivity contribution in [3.63, 3.8) is 0 Å². The van der Waals surface area contributed by atoms with Crippen LogP contribution in [-0.2, 0) is 0 Å². The lowest BCUT2D eigenvalue weighted by atomic mass is 9.86. The summed E-state index contributed by atoms with van der Waals surface area (Å²) < 4.78 is 0. The van der Waals surface area contributed by atoms with Gasteiger partial charge in [-0.1, -0.05) is 66.7 Å². The summed E-state index contributed by atoms with van der Waals surface area (Å²) >= 11 is 0. The minimum Gasteiger partial charge on any atom is -0.264 e. The lowest BCUT2D eigenvalue weighted by molar-refractivity contribution is 1.32. The molecule has 8 rings (SSSR count). The maximum Gasteiger partial charge on any atom is 0.0346 e. The highest BCUT2D eigenvalue weighted by Gasteiger charge is 2.16. The van der Waals surface area contributed by atoms with E-state index in [0.29, 0.717) is 0 Å². The Morgan fingerprint density at radius 1 is 0.350 bits per heavy atom. The van der Waals surface area contributed by atoms with Gasteiger partial charge in [-0.3, -0.25) is 15.0 Å². The Balaban J connectivity index is 1.42. The van der Waals surface area contributed by atoms with Gasteiger partial charge in [0.05, 0.1) is 0 Å². The molecule has 8 aromatic rings. The first kappa shape index (κ1) is 22.6. The number of hydrogen-bond donors (Lipinski definition) is 0. The predicted octanol–water partition coefficient (Wildman–Crippen LogP) is 9.44. The fourth-order valence-corrected chi connectivity index (χ4v) is 6.01. The third-order valence-corrected chi connectivity index (χ3v) is 7.87. The van der Waals surface area contributed by atoms with Gasteiger partial charge in [-0.05, 0) is 96.5 Å². The van der Waals surface area contributed by atoms with Crippen LogP contribution in [-0.4, -0.2) is 15.0 Å². The molecular formula is C37H23N3. The van der Waals surface area contributed by atoms with Crippen LogP contribution in [0.4, 0.5) is 0 Å². The molecule has 3 heterocycles. The smallest absolute Gasteiger partial charge is 0.0346 e. The molecule has 0 unspecified atom stereocenters. The second-order valence-corrected chi connectivity index (χ2v) is 10.2. The summed E-state index contributed by atoms with van der Waals surface area (Å²) in [6, 6.07) is 37.2. The van der Waals surface area contributed by atoms with Crippen LogP contribution in [0.3, 0.4) is 0 Å². The Labute approximate surface area is 231 Å². The molecule has 0 aliphatic carbocycles. The molecule has 40 heavy (non-hydrogen) atoms. The Morgan fingerprint density at radius 2 is 0.775 bits per heavy atom. The van der Waals surface area contributed by atoms with Gasteiger partial charge in [0.15, 0.2) is 0 Å². The number of nitrogens with zero attached hydrogens (tertiary/aromatic N) is 3. The van der Waals surface area contributed by atoms with Crippen LogP contribution < -0.4 is 0 Å². The molecule has 186 valence electrons. The van der Waals surface area contributed by atoms with Crippen molar-refractivity contribution in [3.05, 3.63) is 140 Å². The van der Waals surface area contributed by atoms with E-state index in [-0.39, 0.29) is 0 Å². The molecule has 0 aliphatic rings. The monoisotopic (exact) mass is 509 g/mol. The minimum absolute atomic E-state index is 1.09. The molecule has 0 atom stereocenters. The zero-order valence-electron chi connectivity index (χ0n) is 21.6. The largest absolute Gasteiger partial charge is 0.264 e. The first-order valence-electron chi connectivity index (χ1n) is 13.4. The maximum atomic E-state index is 4.39. The van der Waals surface area contributed by atoms with E-state index in [0.717, 1.165) is 27.8 Å². The highest BCUT2D eigenvalue weighted by molar-refractivity contribution is 6.27. The van der Waals surface area contributed by atoms with Gasteiger partial charge in [-0.15, -0.1) is 0 Å². The summed E-state index contributed by atoms with van der Waals surface area (Å²) in [6.45, 7) is 0. The Morgan fingerprint density at radius 3 is 1.25 bits per heavy atom. The molecule has 0 bridgehead atoms. The van der Waals surface area contributed by atoms with E-state index in [4.69, 9.17) is 0 Å². The van der Waals surface area contributed by atoms with Crippen molar-refractivity contribution in [2.24, 2.45) is 0 Å². The quantitative estimate of drug-likeness (QED) is 0.222. The summed E-state index contributed by atoms with van der Waals surface area (Å²) in [5, 5.41) is 7.59. The van der Waals surface area contributed by atoms with Crippen LogP contribution in [0, 0.1) is 0 Å². The van der Waals surface area contributed by atoms with Crippen molar-refractivity contribution in [1.82, 2.24) is 15.0 Å². The van der Waals surface area contributed by atoms with Crippen LogP contribution in [0.25, 0.3) is 76.8 Å². The fraction of sp³-hybridized carbons (Fsp3) is 0. The molecule has 0 radical (unpaired) electrons. The molecule has 0 spiro atoms. The minimum atomic E-state index is 1.09. The zero-order chi connectivity index (χ0) is 26.5. The predicted molar refractivity (Wildman–Crippen MR) is 165 cm³/mol. The van der Waals surface area contributed by atoms with Crippen molar-refractivity contribution in [2.45, 2.75) is 0 Å². The third kappa shape index (κ3) is 3.63. The number of aromatic nitrogens is 3. The summed E-state index contributed by atoms with van der Waals surface area (Å²) in [4.78, 5) is 13.2. The number of benzene rings is 5. The lowest BCUT2D eigenvalue weighted by Crippen LogP contribution is -1.91. The number of hydrogen-bond acceptors (Lipinski definition) is 3. The Bertz CT molecular complexity index is 2080. The van der Waals surface area contributed by atoms with E-state index in [1.54, 1.807) is 0 Å². The normalized spacial score (nSPS) is 11.5. The Hall–Kier alpha value is -5.41. The summed E-state index contributed by atoms with van der Waals surface area (Å²) in [6.07, 6.45) is 11.3. The molecule has 3 nitrogen and oxygen atoms in total. The molecule has 3 heteroatoms. The summed E-state index contributed by atoms with van der Waals surface area (Å²) in [5.41, 5.74) is 9.17. The van der Waals surface area contributed by atoms with Gasteiger partial charge in [-0.25, -0.2) is 0 Å². The van der Waals surface area contributed by atoms with Gasteiger partial charge in [-0.2, -0.15) is 0 Å². The van der Waals surface area contributed by atoms with Crippen LogP contribution in [0.1, 0.15) is 0 Å². The summed E-state index contributed by atoms with van der Waals surface area (Å²) in [5.74, 6) is 0. The standard InChI is InChI=1S/C37H23N3/c1-4-26(21-38-15-1)29-18-30(27-5-2-16-39-22-27)20-31(19-29)33-12-10-25-8-7-24-9-11-32(28-6-3-17-40-23-28)34-13-14-35(33)37(25)36(24)34/h1-23H. The average molecular weight is 510 g/mol. The molecule has 0 saturated heterocycles. The number of rotatable bonds is 4. The first-order valence-corrected chi connectivity index (χ1v) is 13.4. The van der Waals surface area contributed by atoms with Crippen molar-refractivity contribution in [2.75, 3.05) is 0 Å². The molecule has 0 aliphatic heterocycles. The molecule has 0 saturated carbocycles. The molecule has 0 amide bonds. The first-order chi connectivity index (χ1) is 19.8. The highest BCUT2D eigenvalue weighted by Crippen LogP contribution is 2.43. The maximum absolute atomic E-state index is 4.39. The average Bonchev–Trinajstić information content (AvgIpc) is 3.04. The topological polar surface area (TPSA) is 38.7 Å². The van der Waals surface area contributed by atoms with Gasteiger partial charge in [0.25, 0.3) is 0 Å². The van der Waals surface area contributed by atoms with E-state index in [9.17, 15) is 0 Å². The van der Waals surface area contributed by atoms with Gasteiger partial charge < -0.3 is 0 Å². The van der Waals surface area contributed by atoms with Crippen LogP contribution >= 0.6 is 0 Å². The van der Waals surface area contributed by atoms with Crippen LogP contribution in [0.5, 0.6) is 0 Å². The zero-order valence-corrected chi connectivity index (χ0v) is 21.6. The molecule has 3 aromatic heterocycles. The van der Waals surface area contributed by atoms with Crippen molar-refractivity contribution < 1.29 is 0 Å². The van der Waals surface area contributed by atoms with E-state index >= 15 is 0 Å². The lowest BCUT2D eigenvalue weighted by Gasteiger charge is -2.17. The van der Waals surface area contributed by atoms with E-state index in [2.05, 4.69) is 99.9 Å². The van der Waals surface area contributed by atoms with Gasteiger partial charge in [0.2, 0.25) is 0 Å². The SMILES string of the molecule is c1cncc(-c2cc(-c3cccnc3)cc(-c3ccc4ccc5ccc(-c6cccnc6)c6ccc3c4c56)c2)c1. The van der Waals surface area contributed by atoms with Crippen LogP contribution in [0.2, 0.25) is 0 Å². The second kappa shape index (κ2) is 9.11. The van der Waals surface area contributed by atoms with E-state index < -0.39 is 0 Å². The fourth-order valence-electron chi connectivity index (χ4n) is 6.01. The van der Waals surface area contributed by atoms with E-state index in [1.165, 1.54) is 49.0 Å². The second-order valence-electron chi connectivity index (χ2n) is 10.2. The van der Waals surface area contributed by atoms with Crippen LogP contribution in [0.15, 0.2) is 140 Å². The van der Waals surface area contributed by atoms with Gasteiger partial charge in [0.1, 0.15) is 0 Å². The van der Waals surface area contributed by atoms with Crippen molar-refractivity contribution in [3.8, 4) is 44.5 Å². The Kier molecular flexibility index (Phi) is 5.14. The number of pyridine rings is 3. The molecule has 0 N–H and O–H groups in total. The molecule has 5 aromatic carbocycles. The summed E-state index contributed by atoms with van der Waals surface area (Å²) in [7, 11) is 0. The van der Waals surface area contributed by atoms with Crippen molar-refractivity contribution >= 4 is 32.3 Å². The molecule has 0 fully saturated rings. The third-order valence-electron chi connectivity index (χ3n) is 7.87. The molecular weight excluding hydrogens is 486 g/mol. The van der Waals surface area contributed by atoms with Gasteiger partial charge >= 0.3 is 0 Å². The van der Waals surface area contributed by atoms with Gasteiger partial charge in [0, 0.05) is 53.9 Å².